The van der Waals surface area contributed by atoms with Crippen LogP contribution < -0.4 is 5.32 Å². The number of carboxylic acid groups (broad SMARTS) is 1. The van der Waals surface area contributed by atoms with E-state index in [1.165, 1.54) is 4.90 Å². The number of amides is 2. The number of aliphatic hydroxyl groups excluding tert-OH is 1. The van der Waals surface area contributed by atoms with Gasteiger partial charge < -0.3 is 25.2 Å². The van der Waals surface area contributed by atoms with Gasteiger partial charge in [-0.1, -0.05) is 6.92 Å². The molecule has 7 nitrogen and oxygen atoms in total. The van der Waals surface area contributed by atoms with Crippen molar-refractivity contribution in [3.8, 4) is 0 Å². The first-order chi connectivity index (χ1) is 9.41. The van der Waals surface area contributed by atoms with Crippen LogP contribution in [0.25, 0.3) is 0 Å². The number of hydrogen-bond donors (Lipinski definition) is 3. The van der Waals surface area contributed by atoms with Gasteiger partial charge in [-0.25, -0.2) is 9.59 Å². The Morgan fingerprint density at radius 2 is 2.05 bits per heavy atom. The third-order valence-electron chi connectivity index (χ3n) is 4.19. The Bertz CT molecular complexity index is 381. The summed E-state index contributed by atoms with van der Waals surface area (Å²) in [6.07, 6.45) is 1.07. The van der Waals surface area contributed by atoms with Gasteiger partial charge in [-0.05, 0) is 18.3 Å². The number of urea groups is 1. The number of carbonyl (C=O) groups excluding carboxylic acids is 1. The van der Waals surface area contributed by atoms with Gasteiger partial charge in [-0.2, -0.15) is 0 Å². The van der Waals surface area contributed by atoms with E-state index in [9.17, 15) is 14.7 Å². The van der Waals surface area contributed by atoms with Gasteiger partial charge >= 0.3 is 12.0 Å². The summed E-state index contributed by atoms with van der Waals surface area (Å²) >= 11 is 0. The molecule has 2 aliphatic heterocycles. The quantitative estimate of drug-likeness (QED) is 0.680. The molecule has 0 aliphatic carbocycles. The van der Waals surface area contributed by atoms with E-state index >= 15 is 0 Å². The zero-order valence-corrected chi connectivity index (χ0v) is 11.7. The summed E-state index contributed by atoms with van der Waals surface area (Å²) in [6.45, 7) is 4.03. The molecule has 114 valence electrons. The van der Waals surface area contributed by atoms with Crippen LogP contribution in [0.3, 0.4) is 0 Å². The van der Waals surface area contributed by atoms with E-state index in [1.54, 1.807) is 0 Å². The smallest absolute Gasteiger partial charge is 0.326 e. The molecule has 7 heteroatoms. The van der Waals surface area contributed by atoms with Crippen molar-refractivity contribution in [2.45, 2.75) is 38.3 Å². The van der Waals surface area contributed by atoms with Crippen molar-refractivity contribution < 1.29 is 24.5 Å². The lowest BCUT2D eigenvalue weighted by Crippen LogP contribution is -2.49. The molecule has 2 rings (SSSR count). The first-order valence-corrected chi connectivity index (χ1v) is 6.94. The van der Waals surface area contributed by atoms with Crippen molar-refractivity contribution in [3.63, 3.8) is 0 Å². The van der Waals surface area contributed by atoms with Crippen LogP contribution in [-0.2, 0) is 9.53 Å². The molecule has 2 aliphatic rings. The second kappa shape index (κ2) is 5.97. The number of carboxylic acids is 1. The van der Waals surface area contributed by atoms with E-state index in [-0.39, 0.29) is 18.4 Å². The molecule has 0 aromatic heterocycles. The van der Waals surface area contributed by atoms with Crippen molar-refractivity contribution in [3.05, 3.63) is 0 Å². The predicted molar refractivity (Wildman–Crippen MR) is 70.3 cm³/mol. The highest BCUT2D eigenvalue weighted by Gasteiger charge is 2.39. The van der Waals surface area contributed by atoms with Crippen LogP contribution in [0.15, 0.2) is 0 Å². The molecule has 2 atom stereocenters. The summed E-state index contributed by atoms with van der Waals surface area (Å²) in [4.78, 5) is 24.4. The van der Waals surface area contributed by atoms with Crippen LogP contribution in [0, 0.1) is 5.41 Å². The van der Waals surface area contributed by atoms with Gasteiger partial charge in [-0.15, -0.1) is 0 Å². The Morgan fingerprint density at radius 3 is 2.65 bits per heavy atom. The number of likely N-dealkylation sites (tertiary alicyclic amines) is 1. The Kier molecular flexibility index (Phi) is 4.49. The molecule has 0 aromatic rings. The van der Waals surface area contributed by atoms with Gasteiger partial charge in [0, 0.05) is 32.7 Å². The standard InChI is InChI=1S/C13H22N2O5/c1-13(2-4-20-5-3-13)8-14-12(19)15-7-9(16)6-10(15)11(17)18/h9-10,16H,2-8H2,1H3,(H,14,19)(H,17,18)/t9-,10-/m1/s1. The Morgan fingerprint density at radius 1 is 1.40 bits per heavy atom. The van der Waals surface area contributed by atoms with Crippen LogP contribution >= 0.6 is 0 Å². The van der Waals surface area contributed by atoms with E-state index in [1.807, 2.05) is 0 Å². The summed E-state index contributed by atoms with van der Waals surface area (Å²) in [5.74, 6) is -1.08. The van der Waals surface area contributed by atoms with E-state index in [0.717, 1.165) is 12.8 Å². The van der Waals surface area contributed by atoms with Crippen LogP contribution in [-0.4, -0.2) is 65.6 Å². The molecule has 0 saturated carbocycles. The van der Waals surface area contributed by atoms with E-state index in [4.69, 9.17) is 9.84 Å². The normalized spacial score (nSPS) is 29.2. The van der Waals surface area contributed by atoms with Crippen molar-refractivity contribution in [1.82, 2.24) is 10.2 Å². The SMILES string of the molecule is CC1(CNC(=O)N2C[C@H](O)C[C@@H]2C(=O)O)CCOCC1. The third-order valence-corrected chi connectivity index (χ3v) is 4.19. The van der Waals surface area contributed by atoms with Gasteiger partial charge in [0.15, 0.2) is 0 Å². The molecule has 2 saturated heterocycles. The zero-order chi connectivity index (χ0) is 14.8. The van der Waals surface area contributed by atoms with Crippen molar-refractivity contribution in [1.29, 1.82) is 0 Å². The molecule has 2 heterocycles. The Labute approximate surface area is 117 Å². The van der Waals surface area contributed by atoms with Gasteiger partial charge in [0.1, 0.15) is 6.04 Å². The summed E-state index contributed by atoms with van der Waals surface area (Å²) in [5.41, 5.74) is -0.00896. The number of nitrogens with one attached hydrogen (secondary N) is 1. The lowest BCUT2D eigenvalue weighted by atomic mass is 9.82. The molecule has 0 radical (unpaired) electrons. The molecular weight excluding hydrogens is 264 g/mol. The molecule has 20 heavy (non-hydrogen) atoms. The number of aliphatic carboxylic acids is 1. The minimum Gasteiger partial charge on any atom is -0.480 e. The van der Waals surface area contributed by atoms with Crippen molar-refractivity contribution >= 4 is 12.0 Å². The molecule has 0 spiro atoms. The maximum absolute atomic E-state index is 12.1. The Hall–Kier alpha value is -1.34. The van der Waals surface area contributed by atoms with E-state index in [0.29, 0.717) is 19.8 Å². The largest absolute Gasteiger partial charge is 0.480 e. The minimum absolute atomic E-state index is 0.00896. The molecule has 2 fully saturated rings. The molecule has 0 bridgehead atoms. The minimum atomic E-state index is -1.08. The summed E-state index contributed by atoms with van der Waals surface area (Å²) < 4.78 is 5.30. The third kappa shape index (κ3) is 3.40. The molecule has 2 amide bonds. The van der Waals surface area contributed by atoms with Crippen LogP contribution in [0.1, 0.15) is 26.2 Å². The van der Waals surface area contributed by atoms with E-state index < -0.39 is 24.1 Å². The first kappa shape index (κ1) is 15.1. The van der Waals surface area contributed by atoms with E-state index in [2.05, 4.69) is 12.2 Å². The fraction of sp³-hybridized carbons (Fsp3) is 0.846. The number of carbonyl (C=O) groups is 2. The number of hydrogen-bond acceptors (Lipinski definition) is 4. The highest BCUT2D eigenvalue weighted by Crippen LogP contribution is 2.29. The monoisotopic (exact) mass is 286 g/mol. The van der Waals surface area contributed by atoms with Crippen LogP contribution in [0.4, 0.5) is 4.79 Å². The fourth-order valence-corrected chi connectivity index (χ4v) is 2.70. The molecule has 3 N–H and O–H groups in total. The molecular formula is C13H22N2O5. The average molecular weight is 286 g/mol. The van der Waals surface area contributed by atoms with Crippen molar-refractivity contribution in [2.24, 2.45) is 5.41 Å². The maximum atomic E-state index is 12.1. The zero-order valence-electron chi connectivity index (χ0n) is 11.7. The second-order valence-corrected chi connectivity index (χ2v) is 5.98. The van der Waals surface area contributed by atoms with Crippen LogP contribution in [0.2, 0.25) is 0 Å². The summed E-state index contributed by atoms with van der Waals surface area (Å²) in [6, 6.07) is -1.35. The fourth-order valence-electron chi connectivity index (χ4n) is 2.70. The van der Waals surface area contributed by atoms with Crippen LogP contribution in [0.5, 0.6) is 0 Å². The number of rotatable bonds is 3. The average Bonchev–Trinajstić information content (AvgIpc) is 2.79. The first-order valence-electron chi connectivity index (χ1n) is 6.94. The number of β-amino-alcohol motifs (C(OH)–C–C–N with tert-alkyl or cyclic N) is 1. The van der Waals surface area contributed by atoms with Gasteiger partial charge in [0.05, 0.1) is 6.10 Å². The number of nitrogens with zero attached hydrogens (tertiary/aromatic N) is 1. The highest BCUT2D eigenvalue weighted by atomic mass is 16.5. The Balaban J connectivity index is 1.89. The van der Waals surface area contributed by atoms with Crippen molar-refractivity contribution in [2.75, 3.05) is 26.3 Å². The summed E-state index contributed by atoms with van der Waals surface area (Å²) in [5, 5.41) is 21.4. The maximum Gasteiger partial charge on any atom is 0.326 e. The lowest BCUT2D eigenvalue weighted by Gasteiger charge is -2.34. The topological polar surface area (TPSA) is 99.1 Å². The lowest BCUT2D eigenvalue weighted by molar-refractivity contribution is -0.141. The molecule has 0 unspecified atom stereocenters. The number of aliphatic hydroxyl groups is 1. The van der Waals surface area contributed by atoms with Gasteiger partial charge in [0.2, 0.25) is 0 Å². The molecule has 0 aromatic carbocycles. The summed E-state index contributed by atoms with van der Waals surface area (Å²) in [7, 11) is 0. The highest BCUT2D eigenvalue weighted by molar-refractivity contribution is 5.83. The second-order valence-electron chi connectivity index (χ2n) is 5.98. The number of ether oxygens (including phenoxy) is 1. The van der Waals surface area contributed by atoms with Gasteiger partial charge in [0.25, 0.3) is 0 Å². The predicted octanol–water partition coefficient (Wildman–Crippen LogP) is 0.0325. The van der Waals surface area contributed by atoms with Gasteiger partial charge in [-0.3, -0.25) is 0 Å².